The number of thioether (sulfide) groups is 1. The zero-order chi connectivity index (χ0) is 22.3. The average molecular weight is 455 g/mol. The molecule has 1 N–H and O–H groups in total. The summed E-state index contributed by atoms with van der Waals surface area (Å²) < 4.78 is 19.0. The van der Waals surface area contributed by atoms with Gasteiger partial charge in [-0.2, -0.15) is 16.7 Å². The number of aryl methyl sites for hydroxylation is 2. The predicted molar refractivity (Wildman–Crippen MR) is 125 cm³/mol. The Morgan fingerprint density at radius 3 is 2.69 bits per heavy atom. The summed E-state index contributed by atoms with van der Waals surface area (Å²) >= 11 is 2.02. The summed E-state index contributed by atoms with van der Waals surface area (Å²) in [5, 5.41) is 6.80. The van der Waals surface area contributed by atoms with E-state index in [1.807, 2.05) is 23.9 Å². The van der Waals surface area contributed by atoms with Crippen molar-refractivity contribution in [3.8, 4) is 11.4 Å². The standard InChI is InChI=1S/C24H27FN4O2S/c1-17-2-5-19(16-21(17)25)24-27-23(31-28-24)9-8-22(30)26-20-6-3-18(4-7-20)10-11-29-12-14-32-15-13-29/h2-7,16H,8-15H2,1H3,(H,26,30). The Morgan fingerprint density at radius 2 is 1.94 bits per heavy atom. The van der Waals surface area contributed by atoms with Crippen molar-refractivity contribution in [2.45, 2.75) is 26.2 Å². The topological polar surface area (TPSA) is 71.3 Å². The molecule has 1 fully saturated rings. The molecule has 8 heteroatoms. The molecule has 3 aromatic rings. The summed E-state index contributed by atoms with van der Waals surface area (Å²) in [7, 11) is 0. The van der Waals surface area contributed by atoms with Gasteiger partial charge in [0, 0.05) is 55.2 Å². The van der Waals surface area contributed by atoms with Crippen LogP contribution in [0.5, 0.6) is 0 Å². The number of hydrogen-bond acceptors (Lipinski definition) is 6. The monoisotopic (exact) mass is 454 g/mol. The Morgan fingerprint density at radius 1 is 1.16 bits per heavy atom. The molecule has 0 aliphatic carbocycles. The van der Waals surface area contributed by atoms with Crippen molar-refractivity contribution in [1.82, 2.24) is 15.0 Å². The fourth-order valence-corrected chi connectivity index (χ4v) is 4.50. The van der Waals surface area contributed by atoms with Crippen molar-refractivity contribution < 1.29 is 13.7 Å². The number of nitrogens with zero attached hydrogens (tertiary/aromatic N) is 3. The van der Waals surface area contributed by atoms with Crippen molar-refractivity contribution in [1.29, 1.82) is 0 Å². The number of aromatic nitrogens is 2. The van der Waals surface area contributed by atoms with Crippen LogP contribution in [0, 0.1) is 12.7 Å². The van der Waals surface area contributed by atoms with Crippen LogP contribution in [0.2, 0.25) is 0 Å². The lowest BCUT2D eigenvalue weighted by atomic mass is 10.1. The fourth-order valence-electron chi connectivity index (χ4n) is 3.52. The van der Waals surface area contributed by atoms with Crippen molar-refractivity contribution in [2.24, 2.45) is 0 Å². The number of amides is 1. The van der Waals surface area contributed by atoms with Gasteiger partial charge in [-0.3, -0.25) is 4.79 Å². The minimum absolute atomic E-state index is 0.121. The first kappa shape index (κ1) is 22.5. The largest absolute Gasteiger partial charge is 0.339 e. The summed E-state index contributed by atoms with van der Waals surface area (Å²) in [6.07, 6.45) is 1.56. The van der Waals surface area contributed by atoms with Gasteiger partial charge in [0.25, 0.3) is 0 Å². The summed E-state index contributed by atoms with van der Waals surface area (Å²) in [5.74, 6) is 2.68. The predicted octanol–water partition coefficient (Wildman–Crippen LogP) is 4.35. The highest BCUT2D eigenvalue weighted by Gasteiger charge is 2.13. The van der Waals surface area contributed by atoms with E-state index in [1.165, 1.54) is 36.2 Å². The van der Waals surface area contributed by atoms with Crippen LogP contribution in [0.3, 0.4) is 0 Å². The van der Waals surface area contributed by atoms with Crippen LogP contribution in [0.1, 0.15) is 23.4 Å². The second-order valence-electron chi connectivity index (χ2n) is 7.92. The second kappa shape index (κ2) is 10.7. The molecule has 32 heavy (non-hydrogen) atoms. The molecule has 2 heterocycles. The SMILES string of the molecule is Cc1ccc(-c2noc(CCC(=O)Nc3ccc(CCN4CCSCC4)cc3)n2)cc1F. The van der Waals surface area contributed by atoms with Gasteiger partial charge in [0.2, 0.25) is 17.6 Å². The van der Waals surface area contributed by atoms with E-state index in [2.05, 4.69) is 32.5 Å². The lowest BCUT2D eigenvalue weighted by Gasteiger charge is -2.26. The molecule has 0 spiro atoms. The smallest absolute Gasteiger partial charge is 0.227 e. The molecule has 168 valence electrons. The fraction of sp³-hybridized carbons (Fsp3) is 0.375. The van der Waals surface area contributed by atoms with Gasteiger partial charge >= 0.3 is 0 Å². The Kier molecular flexibility index (Phi) is 7.55. The lowest BCUT2D eigenvalue weighted by Crippen LogP contribution is -2.34. The van der Waals surface area contributed by atoms with Crippen LogP contribution in [-0.2, 0) is 17.6 Å². The second-order valence-corrected chi connectivity index (χ2v) is 9.15. The van der Waals surface area contributed by atoms with Gasteiger partial charge in [0.1, 0.15) is 5.82 Å². The number of benzene rings is 2. The van der Waals surface area contributed by atoms with E-state index in [0.29, 0.717) is 29.3 Å². The molecular formula is C24H27FN4O2S. The first-order valence-corrected chi connectivity index (χ1v) is 12.0. The molecule has 1 aliphatic heterocycles. The molecule has 0 radical (unpaired) electrons. The third kappa shape index (κ3) is 6.17. The van der Waals surface area contributed by atoms with Gasteiger partial charge in [-0.15, -0.1) is 0 Å². The molecule has 0 atom stereocenters. The number of anilines is 1. The molecule has 1 aliphatic rings. The molecule has 4 rings (SSSR count). The zero-order valence-electron chi connectivity index (χ0n) is 18.1. The minimum atomic E-state index is -0.315. The van der Waals surface area contributed by atoms with E-state index in [4.69, 9.17) is 4.52 Å². The quantitative estimate of drug-likeness (QED) is 0.546. The number of nitrogens with one attached hydrogen (secondary N) is 1. The summed E-state index contributed by atoms with van der Waals surface area (Å²) in [6.45, 7) is 5.11. The Bertz CT molecular complexity index is 1050. The molecule has 0 unspecified atom stereocenters. The highest BCUT2D eigenvalue weighted by atomic mass is 32.2. The third-order valence-electron chi connectivity index (χ3n) is 5.52. The summed E-state index contributed by atoms with van der Waals surface area (Å²) in [6, 6.07) is 12.8. The van der Waals surface area contributed by atoms with Crippen LogP contribution in [-0.4, -0.2) is 52.1 Å². The minimum Gasteiger partial charge on any atom is -0.339 e. The van der Waals surface area contributed by atoms with Gasteiger partial charge < -0.3 is 14.7 Å². The van der Waals surface area contributed by atoms with Crippen molar-refractivity contribution in [2.75, 3.05) is 36.5 Å². The average Bonchev–Trinajstić information content (AvgIpc) is 3.29. The van der Waals surface area contributed by atoms with Crippen LogP contribution >= 0.6 is 11.8 Å². The van der Waals surface area contributed by atoms with E-state index < -0.39 is 0 Å². The Balaban J connectivity index is 1.23. The normalized spacial score (nSPS) is 14.4. The van der Waals surface area contributed by atoms with Crippen molar-refractivity contribution in [3.05, 3.63) is 65.3 Å². The molecule has 1 aromatic heterocycles. The molecule has 1 amide bonds. The van der Waals surface area contributed by atoms with E-state index >= 15 is 0 Å². The summed E-state index contributed by atoms with van der Waals surface area (Å²) in [4.78, 5) is 19.1. The number of carbonyl (C=O) groups excluding carboxylic acids is 1. The van der Waals surface area contributed by atoms with Crippen molar-refractivity contribution >= 4 is 23.4 Å². The third-order valence-corrected chi connectivity index (χ3v) is 6.46. The molecule has 1 saturated heterocycles. The maximum Gasteiger partial charge on any atom is 0.227 e. The highest BCUT2D eigenvalue weighted by Crippen LogP contribution is 2.19. The maximum atomic E-state index is 13.7. The van der Waals surface area contributed by atoms with E-state index in [9.17, 15) is 9.18 Å². The molecule has 0 bridgehead atoms. The van der Waals surface area contributed by atoms with Crippen LogP contribution in [0.15, 0.2) is 47.0 Å². The van der Waals surface area contributed by atoms with E-state index in [1.54, 1.807) is 19.1 Å². The Labute approximate surface area is 191 Å². The molecule has 2 aromatic carbocycles. The molecule has 6 nitrogen and oxygen atoms in total. The molecule has 0 saturated carbocycles. The zero-order valence-corrected chi connectivity index (χ0v) is 19.0. The van der Waals surface area contributed by atoms with Gasteiger partial charge in [-0.25, -0.2) is 4.39 Å². The Hall–Kier alpha value is -2.71. The van der Waals surface area contributed by atoms with Crippen LogP contribution in [0.4, 0.5) is 10.1 Å². The number of hydrogen-bond donors (Lipinski definition) is 1. The first-order chi connectivity index (χ1) is 15.6. The van der Waals surface area contributed by atoms with Gasteiger partial charge in [-0.1, -0.05) is 29.4 Å². The maximum absolute atomic E-state index is 13.7. The van der Waals surface area contributed by atoms with E-state index in [0.717, 1.165) is 18.7 Å². The number of carbonyl (C=O) groups is 1. The van der Waals surface area contributed by atoms with Crippen molar-refractivity contribution in [3.63, 3.8) is 0 Å². The van der Waals surface area contributed by atoms with Gasteiger partial charge in [-0.05, 0) is 42.7 Å². The van der Waals surface area contributed by atoms with Crippen LogP contribution < -0.4 is 5.32 Å². The van der Waals surface area contributed by atoms with Gasteiger partial charge in [0.15, 0.2) is 0 Å². The first-order valence-electron chi connectivity index (χ1n) is 10.8. The number of halogens is 1. The number of rotatable bonds is 8. The van der Waals surface area contributed by atoms with E-state index in [-0.39, 0.29) is 18.1 Å². The van der Waals surface area contributed by atoms with Crippen LogP contribution in [0.25, 0.3) is 11.4 Å². The van der Waals surface area contributed by atoms with Gasteiger partial charge in [0.05, 0.1) is 0 Å². The summed E-state index contributed by atoms with van der Waals surface area (Å²) in [5.41, 5.74) is 3.15. The lowest BCUT2D eigenvalue weighted by molar-refractivity contribution is -0.116. The molecular weight excluding hydrogens is 427 g/mol. The highest BCUT2D eigenvalue weighted by molar-refractivity contribution is 7.99.